The van der Waals surface area contributed by atoms with Crippen LogP contribution in [0.2, 0.25) is 0 Å². The lowest BCUT2D eigenvalue weighted by molar-refractivity contribution is 0.108. The molecule has 2 saturated heterocycles. The summed E-state index contributed by atoms with van der Waals surface area (Å²) >= 11 is 0. The Kier molecular flexibility index (Phi) is 2.13. The molecule has 74 valence electrons. The molecule has 2 aliphatic heterocycles. The number of carbonyl (C=O) groups excluding carboxylic acids is 1. The van der Waals surface area contributed by atoms with Crippen molar-refractivity contribution in [2.45, 2.75) is 12.0 Å². The maximum atomic E-state index is 11.4. The van der Waals surface area contributed by atoms with E-state index >= 15 is 0 Å². The third kappa shape index (κ3) is 1.28. The van der Waals surface area contributed by atoms with Crippen molar-refractivity contribution in [3.05, 3.63) is 0 Å². The van der Waals surface area contributed by atoms with Gasteiger partial charge in [-0.05, 0) is 6.42 Å². The number of nitrogens with two attached hydrogens (primary N) is 1. The minimum absolute atomic E-state index is 0.00375. The first-order chi connectivity index (χ1) is 6.28. The maximum Gasteiger partial charge on any atom is 0.318 e. The summed E-state index contributed by atoms with van der Waals surface area (Å²) in [7, 11) is 0. The Morgan fingerprint density at radius 1 is 1.69 bits per heavy atom. The Morgan fingerprint density at radius 2 is 2.54 bits per heavy atom. The third-order valence-electron chi connectivity index (χ3n) is 2.89. The van der Waals surface area contributed by atoms with Crippen molar-refractivity contribution in [3.63, 3.8) is 0 Å². The van der Waals surface area contributed by atoms with Crippen LogP contribution in [-0.2, 0) is 4.74 Å². The molecule has 1 unspecified atom stereocenters. The van der Waals surface area contributed by atoms with Crippen LogP contribution in [0.5, 0.6) is 0 Å². The normalized spacial score (nSPS) is 33.9. The molecule has 0 saturated carbocycles. The largest absolute Gasteiger partial charge is 0.379 e. The van der Waals surface area contributed by atoms with Crippen LogP contribution in [0.25, 0.3) is 0 Å². The first kappa shape index (κ1) is 8.77. The molecule has 0 spiro atoms. The molecule has 0 aromatic carbocycles. The lowest BCUT2D eigenvalue weighted by Gasteiger charge is -2.35. The second kappa shape index (κ2) is 3.16. The Morgan fingerprint density at radius 3 is 3.00 bits per heavy atom. The minimum Gasteiger partial charge on any atom is -0.379 e. The van der Waals surface area contributed by atoms with Gasteiger partial charge in [0.15, 0.2) is 0 Å². The predicted octanol–water partition coefficient (Wildman–Crippen LogP) is -0.871. The van der Waals surface area contributed by atoms with E-state index in [2.05, 4.69) is 5.32 Å². The summed E-state index contributed by atoms with van der Waals surface area (Å²) in [6.07, 6.45) is 0.858. The van der Waals surface area contributed by atoms with Crippen molar-refractivity contribution in [2.24, 2.45) is 5.73 Å². The van der Waals surface area contributed by atoms with Gasteiger partial charge in [0.25, 0.3) is 0 Å². The van der Waals surface area contributed by atoms with Crippen LogP contribution in [0.1, 0.15) is 6.42 Å². The third-order valence-corrected chi connectivity index (χ3v) is 2.89. The van der Waals surface area contributed by atoms with Crippen LogP contribution >= 0.6 is 0 Å². The second-order valence-electron chi connectivity index (χ2n) is 3.61. The van der Waals surface area contributed by atoms with Crippen molar-refractivity contribution >= 4 is 6.03 Å². The van der Waals surface area contributed by atoms with Gasteiger partial charge in [-0.25, -0.2) is 4.79 Å². The lowest BCUT2D eigenvalue weighted by Crippen LogP contribution is -2.55. The second-order valence-corrected chi connectivity index (χ2v) is 3.61. The van der Waals surface area contributed by atoms with Gasteiger partial charge in [0, 0.05) is 26.2 Å². The molecule has 0 bridgehead atoms. The van der Waals surface area contributed by atoms with Crippen LogP contribution < -0.4 is 11.1 Å². The van der Waals surface area contributed by atoms with Crippen molar-refractivity contribution in [1.82, 2.24) is 10.2 Å². The zero-order valence-corrected chi connectivity index (χ0v) is 7.58. The van der Waals surface area contributed by atoms with Gasteiger partial charge in [0.1, 0.15) is 0 Å². The Hall–Kier alpha value is -0.810. The average Bonchev–Trinajstić information content (AvgIpc) is 2.73. The number of urea groups is 1. The molecule has 2 aliphatic rings. The number of carbonyl (C=O) groups is 1. The van der Waals surface area contributed by atoms with Crippen molar-refractivity contribution in [1.29, 1.82) is 0 Å². The van der Waals surface area contributed by atoms with E-state index in [1.807, 2.05) is 4.90 Å². The first-order valence-electron chi connectivity index (χ1n) is 4.62. The summed E-state index contributed by atoms with van der Waals surface area (Å²) in [4.78, 5) is 13.2. The van der Waals surface area contributed by atoms with Gasteiger partial charge < -0.3 is 20.7 Å². The fraction of sp³-hybridized carbons (Fsp3) is 0.875. The van der Waals surface area contributed by atoms with Gasteiger partial charge in [-0.15, -0.1) is 0 Å². The van der Waals surface area contributed by atoms with E-state index in [9.17, 15) is 4.79 Å². The fourth-order valence-electron chi connectivity index (χ4n) is 2.00. The zero-order valence-electron chi connectivity index (χ0n) is 7.58. The quantitative estimate of drug-likeness (QED) is 0.587. The lowest BCUT2D eigenvalue weighted by atomic mass is 9.97. The summed E-state index contributed by atoms with van der Waals surface area (Å²) in [6.45, 7) is 3.25. The van der Waals surface area contributed by atoms with Crippen LogP contribution in [0.15, 0.2) is 0 Å². The summed E-state index contributed by atoms with van der Waals surface area (Å²) in [5.74, 6) is 0. The molecular formula is C8H15N3O2. The fourth-order valence-corrected chi connectivity index (χ4v) is 2.00. The maximum absolute atomic E-state index is 11.4. The standard InChI is InChI=1S/C8H15N3O2/c9-5-8(1-4-13-6-8)11-3-2-10-7(11)12/h1-6,9H2,(H,10,12). The van der Waals surface area contributed by atoms with Gasteiger partial charge in [-0.1, -0.05) is 0 Å². The van der Waals surface area contributed by atoms with E-state index in [1.54, 1.807) is 0 Å². The number of hydrogen-bond donors (Lipinski definition) is 2. The molecule has 2 heterocycles. The number of nitrogens with one attached hydrogen (secondary N) is 1. The molecule has 3 N–H and O–H groups in total. The smallest absolute Gasteiger partial charge is 0.318 e. The van der Waals surface area contributed by atoms with Gasteiger partial charge in [0.05, 0.1) is 12.1 Å². The molecule has 2 fully saturated rings. The zero-order chi connectivity index (χ0) is 9.31. The average molecular weight is 185 g/mol. The number of ether oxygens (including phenoxy) is 1. The van der Waals surface area contributed by atoms with E-state index in [0.717, 1.165) is 19.5 Å². The summed E-state index contributed by atoms with van der Waals surface area (Å²) in [5, 5.41) is 2.78. The van der Waals surface area contributed by atoms with E-state index in [4.69, 9.17) is 10.5 Å². The predicted molar refractivity (Wildman–Crippen MR) is 47.3 cm³/mol. The van der Waals surface area contributed by atoms with Crippen molar-refractivity contribution in [3.8, 4) is 0 Å². The van der Waals surface area contributed by atoms with E-state index in [-0.39, 0.29) is 11.6 Å². The Bertz CT molecular complexity index is 213. The van der Waals surface area contributed by atoms with E-state index < -0.39 is 0 Å². The molecule has 0 radical (unpaired) electrons. The molecule has 5 heteroatoms. The molecule has 0 aromatic rings. The number of amides is 2. The van der Waals surface area contributed by atoms with Gasteiger partial charge in [0.2, 0.25) is 0 Å². The molecule has 5 nitrogen and oxygen atoms in total. The number of hydrogen-bond acceptors (Lipinski definition) is 3. The van der Waals surface area contributed by atoms with E-state index in [1.165, 1.54) is 0 Å². The van der Waals surface area contributed by atoms with E-state index in [0.29, 0.717) is 19.8 Å². The highest BCUT2D eigenvalue weighted by Crippen LogP contribution is 2.26. The molecule has 13 heavy (non-hydrogen) atoms. The Labute approximate surface area is 77.2 Å². The summed E-state index contributed by atoms with van der Waals surface area (Å²) < 4.78 is 5.31. The summed E-state index contributed by atoms with van der Waals surface area (Å²) in [5.41, 5.74) is 5.47. The SMILES string of the molecule is NCC1(N2CCNC2=O)CCOC1. The van der Waals surface area contributed by atoms with Crippen LogP contribution in [-0.4, -0.2) is 49.3 Å². The van der Waals surface area contributed by atoms with Crippen LogP contribution in [0, 0.1) is 0 Å². The van der Waals surface area contributed by atoms with Crippen LogP contribution in [0.4, 0.5) is 4.79 Å². The minimum atomic E-state index is -0.236. The monoisotopic (exact) mass is 185 g/mol. The Balaban J connectivity index is 2.15. The molecule has 2 rings (SSSR count). The summed E-state index contributed by atoms with van der Waals surface area (Å²) in [6, 6.07) is -0.00375. The highest BCUT2D eigenvalue weighted by atomic mass is 16.5. The molecule has 0 aliphatic carbocycles. The van der Waals surface area contributed by atoms with Gasteiger partial charge in [-0.3, -0.25) is 0 Å². The molecule has 2 amide bonds. The first-order valence-corrected chi connectivity index (χ1v) is 4.62. The number of nitrogens with zero attached hydrogens (tertiary/aromatic N) is 1. The highest BCUT2D eigenvalue weighted by Gasteiger charge is 2.43. The number of rotatable bonds is 2. The molecule has 0 aromatic heterocycles. The van der Waals surface area contributed by atoms with Gasteiger partial charge >= 0.3 is 6.03 Å². The topological polar surface area (TPSA) is 67.6 Å². The van der Waals surface area contributed by atoms with Crippen molar-refractivity contribution in [2.75, 3.05) is 32.8 Å². The molecular weight excluding hydrogens is 170 g/mol. The van der Waals surface area contributed by atoms with Crippen LogP contribution in [0.3, 0.4) is 0 Å². The van der Waals surface area contributed by atoms with Gasteiger partial charge in [-0.2, -0.15) is 0 Å². The van der Waals surface area contributed by atoms with Crippen molar-refractivity contribution < 1.29 is 9.53 Å². The molecule has 1 atom stereocenters. The highest BCUT2D eigenvalue weighted by molar-refractivity contribution is 5.77.